The van der Waals surface area contributed by atoms with Crippen molar-refractivity contribution in [1.29, 1.82) is 0 Å². The van der Waals surface area contributed by atoms with Gasteiger partial charge in [-0.1, -0.05) is 24.4 Å². The van der Waals surface area contributed by atoms with Gasteiger partial charge >= 0.3 is 0 Å². The van der Waals surface area contributed by atoms with Crippen LogP contribution in [-0.4, -0.2) is 26.6 Å². The standard InChI is InChI=1S/C19H26N4O/c1-14-10-18(24-22-14)17-8-5-9-23(17)13-15-11-20-19(21-12-15)16-6-3-2-4-7-16/h10-12,16-17H,2-9,13H2,1H3/t17-/m1/s1. The average molecular weight is 326 g/mol. The molecule has 5 heteroatoms. The van der Waals surface area contributed by atoms with Crippen molar-refractivity contribution in [3.63, 3.8) is 0 Å². The quantitative estimate of drug-likeness (QED) is 0.844. The summed E-state index contributed by atoms with van der Waals surface area (Å²) in [5.74, 6) is 2.61. The summed E-state index contributed by atoms with van der Waals surface area (Å²) >= 11 is 0. The number of aryl methyl sites for hydroxylation is 1. The second kappa shape index (κ2) is 7.01. The highest BCUT2D eigenvalue weighted by atomic mass is 16.5. The van der Waals surface area contributed by atoms with E-state index in [9.17, 15) is 0 Å². The fraction of sp³-hybridized carbons (Fsp3) is 0.632. The Morgan fingerprint density at radius 3 is 2.58 bits per heavy atom. The second-order valence-electron chi connectivity index (χ2n) is 7.28. The van der Waals surface area contributed by atoms with Gasteiger partial charge in [-0.2, -0.15) is 0 Å². The molecule has 2 aromatic rings. The Morgan fingerprint density at radius 2 is 1.88 bits per heavy atom. The maximum Gasteiger partial charge on any atom is 0.154 e. The number of nitrogens with zero attached hydrogens (tertiary/aromatic N) is 4. The number of rotatable bonds is 4. The van der Waals surface area contributed by atoms with Gasteiger partial charge < -0.3 is 4.52 Å². The average Bonchev–Trinajstić information content (AvgIpc) is 3.25. The Morgan fingerprint density at radius 1 is 1.08 bits per heavy atom. The minimum atomic E-state index is 0.337. The maximum atomic E-state index is 5.49. The number of likely N-dealkylation sites (tertiary alicyclic amines) is 1. The van der Waals surface area contributed by atoms with Gasteiger partial charge in [0.15, 0.2) is 5.76 Å². The highest BCUT2D eigenvalue weighted by molar-refractivity contribution is 5.12. The van der Waals surface area contributed by atoms with E-state index in [-0.39, 0.29) is 0 Å². The lowest BCUT2D eigenvalue weighted by Crippen LogP contribution is -2.22. The minimum Gasteiger partial charge on any atom is -0.359 e. The molecule has 3 heterocycles. The summed E-state index contributed by atoms with van der Waals surface area (Å²) in [5.41, 5.74) is 2.15. The molecule has 5 nitrogen and oxygen atoms in total. The van der Waals surface area contributed by atoms with E-state index in [2.05, 4.69) is 26.1 Å². The molecule has 2 fully saturated rings. The Bertz CT molecular complexity index is 660. The molecule has 0 radical (unpaired) electrons. The van der Waals surface area contributed by atoms with Crippen LogP contribution in [0.25, 0.3) is 0 Å². The molecule has 0 aromatic carbocycles. The Kier molecular flexibility index (Phi) is 4.60. The van der Waals surface area contributed by atoms with Gasteiger partial charge in [-0.3, -0.25) is 4.90 Å². The van der Waals surface area contributed by atoms with E-state index < -0.39 is 0 Å². The lowest BCUT2D eigenvalue weighted by atomic mass is 9.89. The molecular formula is C19H26N4O. The van der Waals surface area contributed by atoms with E-state index in [0.717, 1.165) is 36.8 Å². The summed E-state index contributed by atoms with van der Waals surface area (Å²) in [5, 5.41) is 4.04. The fourth-order valence-electron chi connectivity index (χ4n) is 4.13. The van der Waals surface area contributed by atoms with Crippen LogP contribution >= 0.6 is 0 Å². The first kappa shape index (κ1) is 15.8. The van der Waals surface area contributed by atoms with E-state index >= 15 is 0 Å². The van der Waals surface area contributed by atoms with Crippen molar-refractivity contribution in [3.05, 3.63) is 41.3 Å². The van der Waals surface area contributed by atoms with Crippen LogP contribution in [0, 0.1) is 6.92 Å². The molecule has 1 aliphatic heterocycles. The molecule has 0 N–H and O–H groups in total. The van der Waals surface area contributed by atoms with E-state index in [0.29, 0.717) is 12.0 Å². The SMILES string of the molecule is Cc1cc([C@H]2CCCN2Cc2cnc(C3CCCCC3)nc2)on1. The van der Waals surface area contributed by atoms with Crippen LogP contribution in [0.15, 0.2) is 23.0 Å². The summed E-state index contributed by atoms with van der Waals surface area (Å²) in [6, 6.07) is 2.40. The van der Waals surface area contributed by atoms with Crippen LogP contribution in [-0.2, 0) is 6.54 Å². The molecule has 2 aromatic heterocycles. The van der Waals surface area contributed by atoms with Gasteiger partial charge in [0.25, 0.3) is 0 Å². The number of hydrogen-bond acceptors (Lipinski definition) is 5. The summed E-state index contributed by atoms with van der Waals surface area (Å²) in [4.78, 5) is 11.8. The zero-order chi connectivity index (χ0) is 16.4. The van der Waals surface area contributed by atoms with Crippen LogP contribution in [0.5, 0.6) is 0 Å². The monoisotopic (exact) mass is 326 g/mol. The molecule has 1 saturated carbocycles. The second-order valence-corrected chi connectivity index (χ2v) is 7.28. The smallest absolute Gasteiger partial charge is 0.154 e. The van der Waals surface area contributed by atoms with Crippen molar-refractivity contribution in [2.75, 3.05) is 6.54 Å². The molecule has 1 saturated heterocycles. The van der Waals surface area contributed by atoms with Gasteiger partial charge in [0, 0.05) is 36.5 Å². The zero-order valence-corrected chi connectivity index (χ0v) is 14.4. The molecule has 1 atom stereocenters. The van der Waals surface area contributed by atoms with Crippen LogP contribution < -0.4 is 0 Å². The Balaban J connectivity index is 1.42. The highest BCUT2D eigenvalue weighted by Gasteiger charge is 2.29. The number of hydrogen-bond donors (Lipinski definition) is 0. The zero-order valence-electron chi connectivity index (χ0n) is 14.4. The Labute approximate surface area is 143 Å². The first-order valence-corrected chi connectivity index (χ1v) is 9.27. The number of aromatic nitrogens is 3. The molecule has 4 rings (SSSR count). The highest BCUT2D eigenvalue weighted by Crippen LogP contribution is 2.34. The van der Waals surface area contributed by atoms with Crippen LogP contribution in [0.4, 0.5) is 0 Å². The molecule has 0 bridgehead atoms. The van der Waals surface area contributed by atoms with Crippen LogP contribution in [0.2, 0.25) is 0 Å². The lowest BCUT2D eigenvalue weighted by Gasteiger charge is -2.23. The van der Waals surface area contributed by atoms with E-state index in [1.54, 1.807) is 0 Å². The lowest BCUT2D eigenvalue weighted by molar-refractivity contribution is 0.206. The van der Waals surface area contributed by atoms with Gasteiger partial charge in [0.2, 0.25) is 0 Å². The molecule has 0 unspecified atom stereocenters. The Hall–Kier alpha value is -1.75. The maximum absolute atomic E-state index is 5.49. The van der Waals surface area contributed by atoms with Gasteiger partial charge in [-0.05, 0) is 39.2 Å². The van der Waals surface area contributed by atoms with E-state index in [1.807, 2.05) is 19.3 Å². The van der Waals surface area contributed by atoms with Crippen molar-refractivity contribution in [1.82, 2.24) is 20.0 Å². The van der Waals surface area contributed by atoms with Crippen LogP contribution in [0.1, 0.15) is 79.7 Å². The van der Waals surface area contributed by atoms with Gasteiger partial charge in [0.1, 0.15) is 5.82 Å². The predicted molar refractivity (Wildman–Crippen MR) is 91.5 cm³/mol. The molecule has 0 spiro atoms. The van der Waals surface area contributed by atoms with Crippen molar-refractivity contribution in [2.24, 2.45) is 0 Å². The van der Waals surface area contributed by atoms with Gasteiger partial charge in [-0.15, -0.1) is 0 Å². The molecular weight excluding hydrogens is 300 g/mol. The topological polar surface area (TPSA) is 55.1 Å². The first-order valence-electron chi connectivity index (χ1n) is 9.27. The largest absolute Gasteiger partial charge is 0.359 e. The summed E-state index contributed by atoms with van der Waals surface area (Å²) in [6.45, 7) is 3.95. The van der Waals surface area contributed by atoms with Crippen LogP contribution in [0.3, 0.4) is 0 Å². The van der Waals surface area contributed by atoms with E-state index in [4.69, 9.17) is 4.52 Å². The molecule has 0 amide bonds. The molecule has 2 aliphatic rings. The first-order chi connectivity index (χ1) is 11.8. The fourth-order valence-corrected chi connectivity index (χ4v) is 4.13. The van der Waals surface area contributed by atoms with Crippen molar-refractivity contribution >= 4 is 0 Å². The van der Waals surface area contributed by atoms with Crippen molar-refractivity contribution in [2.45, 2.75) is 70.4 Å². The normalized spacial score (nSPS) is 23.0. The third-order valence-electron chi connectivity index (χ3n) is 5.42. The van der Waals surface area contributed by atoms with Gasteiger partial charge in [-0.25, -0.2) is 9.97 Å². The predicted octanol–water partition coefficient (Wildman–Crippen LogP) is 4.16. The molecule has 1 aliphatic carbocycles. The molecule has 24 heavy (non-hydrogen) atoms. The minimum absolute atomic E-state index is 0.337. The van der Waals surface area contributed by atoms with Crippen molar-refractivity contribution in [3.8, 4) is 0 Å². The third-order valence-corrected chi connectivity index (χ3v) is 5.42. The van der Waals surface area contributed by atoms with Crippen molar-refractivity contribution < 1.29 is 4.52 Å². The third kappa shape index (κ3) is 3.36. The summed E-state index contributed by atoms with van der Waals surface area (Å²) in [7, 11) is 0. The molecule has 128 valence electrons. The van der Waals surface area contributed by atoms with Gasteiger partial charge in [0.05, 0.1) is 11.7 Å². The van der Waals surface area contributed by atoms with E-state index in [1.165, 1.54) is 44.1 Å². The summed E-state index contributed by atoms with van der Waals surface area (Å²) in [6.07, 6.45) is 12.9. The summed E-state index contributed by atoms with van der Waals surface area (Å²) < 4.78 is 5.49.